The van der Waals surface area contributed by atoms with Crippen molar-refractivity contribution in [2.45, 2.75) is 101 Å². The summed E-state index contributed by atoms with van der Waals surface area (Å²) in [7, 11) is 0. The van der Waals surface area contributed by atoms with Gasteiger partial charge in [-0.1, -0.05) is 13.8 Å². The third kappa shape index (κ3) is 7.44. The number of imidazole rings is 1. The van der Waals surface area contributed by atoms with Crippen molar-refractivity contribution < 1.29 is 42.3 Å². The minimum Gasteiger partial charge on any atom is -0.345 e. The number of halogens is 2. The fourth-order valence-corrected chi connectivity index (χ4v) is 10.1. The number of fused-ring (bicyclic) bond motifs is 3. The van der Waals surface area contributed by atoms with Crippen molar-refractivity contribution in [3.8, 4) is 0 Å². The smallest absolute Gasteiger partial charge is 0.319 e. The molecule has 5 fully saturated rings. The highest BCUT2D eigenvalue weighted by Gasteiger charge is 2.74. The molecule has 0 radical (unpaired) electrons. The average molecular weight is 830 g/mol. The number of hydrogen-bond acceptors (Lipinski definition) is 8. The molecular formula is C42H49F2N9O7. The van der Waals surface area contributed by atoms with Gasteiger partial charge in [-0.15, -0.1) is 0 Å². The number of rotatable bonds is 6. The molecule has 1 aliphatic carbocycles. The summed E-state index contributed by atoms with van der Waals surface area (Å²) in [6.45, 7) is 5.80. The number of Topliss-reactive ketones (excluding diaryl/α,β-unsaturated/α-hetero) is 1. The van der Waals surface area contributed by atoms with E-state index in [0.29, 0.717) is 61.3 Å². The lowest BCUT2D eigenvalue weighted by Crippen LogP contribution is -2.61. The molecule has 1 saturated carbocycles. The van der Waals surface area contributed by atoms with Crippen molar-refractivity contribution in [1.82, 2.24) is 40.6 Å². The van der Waals surface area contributed by atoms with Crippen LogP contribution in [0.3, 0.4) is 0 Å². The van der Waals surface area contributed by atoms with Gasteiger partial charge in [0.1, 0.15) is 47.4 Å². The van der Waals surface area contributed by atoms with E-state index in [4.69, 9.17) is 0 Å². The van der Waals surface area contributed by atoms with Crippen LogP contribution in [0, 0.1) is 29.4 Å². The molecule has 0 bridgehead atoms. The van der Waals surface area contributed by atoms with Gasteiger partial charge in [0.25, 0.3) is 0 Å². The number of amides is 7. The number of nitrogens with one attached hydrogen (secondary N) is 5. The number of piperidine rings is 1. The number of nitrogens with zero attached hydrogens (tertiary/aromatic N) is 4. The summed E-state index contributed by atoms with van der Waals surface area (Å²) in [5.74, 6) is -6.89. The van der Waals surface area contributed by atoms with Crippen LogP contribution in [-0.4, -0.2) is 121 Å². The second kappa shape index (κ2) is 15.9. The molecule has 1 spiro atoms. The molecule has 16 nitrogen and oxygen atoms in total. The van der Waals surface area contributed by atoms with Crippen LogP contribution < -0.4 is 21.3 Å². The first-order chi connectivity index (χ1) is 28.7. The van der Waals surface area contributed by atoms with E-state index in [1.807, 2.05) is 6.92 Å². The first-order valence-corrected chi connectivity index (χ1v) is 20.7. The summed E-state index contributed by atoms with van der Waals surface area (Å²) in [6, 6.07) is 1.01. The molecule has 2 aromatic carbocycles. The predicted molar refractivity (Wildman–Crippen MR) is 212 cm³/mol. The van der Waals surface area contributed by atoms with Gasteiger partial charge in [0.15, 0.2) is 5.78 Å². The maximum atomic E-state index is 15.0. The second-order valence-electron chi connectivity index (χ2n) is 17.1. The zero-order chi connectivity index (χ0) is 42.6. The fourth-order valence-electron chi connectivity index (χ4n) is 10.1. The average Bonchev–Trinajstić information content (AvgIpc) is 3.72. The van der Waals surface area contributed by atoms with Crippen molar-refractivity contribution in [2.75, 3.05) is 25.0 Å². The van der Waals surface area contributed by atoms with Gasteiger partial charge < -0.3 is 41.0 Å². The maximum Gasteiger partial charge on any atom is 0.319 e. The Morgan fingerprint density at radius 2 is 1.62 bits per heavy atom. The normalized spacial score (nSPS) is 30.1. The van der Waals surface area contributed by atoms with Crippen LogP contribution in [-0.2, 0) is 35.2 Å². The Bertz CT molecular complexity index is 2250. The molecule has 7 amide bonds. The lowest BCUT2D eigenvalue weighted by Gasteiger charge is -2.39. The quantitative estimate of drug-likeness (QED) is 0.249. The molecule has 5 heterocycles. The van der Waals surface area contributed by atoms with Crippen molar-refractivity contribution >= 4 is 58.1 Å². The molecule has 8 rings (SSSR count). The molecule has 318 valence electrons. The van der Waals surface area contributed by atoms with E-state index >= 15 is 4.79 Å². The lowest BCUT2D eigenvalue weighted by atomic mass is 9.90. The van der Waals surface area contributed by atoms with E-state index in [0.717, 1.165) is 12.1 Å². The van der Waals surface area contributed by atoms with E-state index in [1.165, 1.54) is 21.0 Å². The minimum absolute atomic E-state index is 0.0391. The van der Waals surface area contributed by atoms with Gasteiger partial charge in [0.05, 0.1) is 23.3 Å². The van der Waals surface area contributed by atoms with Gasteiger partial charge in [-0.25, -0.2) is 18.6 Å². The first kappa shape index (κ1) is 40.8. The fraction of sp³-hybridized carbons (Fsp3) is 0.524. The zero-order valence-electron chi connectivity index (χ0n) is 33.6. The standard InChI is InChI=1S/C42H49F2N9O7/c1-21-18-42-33(35(42)54)22(2)34(40(59)52-12-6-8-32(52)39(58)51-11-5-4-7-31(51)37(56)47-23(3)38(57)53(42)19-21)50-36(55)30(15-24-13-25(43)16-26(44)14-24)49-41(60)48-27-9-10-28-29(17-27)46-20-45-28/h9-10,13-14,16-17,20-23,30-34H,4-8,11-12,15,18-19H2,1-3H3,(H,45,46)(H,47,56)(H,50,55)(H2,48,49,60)/t21-,22-,23+,30+,31+,32+,33+,34+,42?/m1/s1. The Balaban J connectivity index is 1.14. The summed E-state index contributed by atoms with van der Waals surface area (Å²) in [5, 5.41) is 10.9. The van der Waals surface area contributed by atoms with Gasteiger partial charge in [-0.3, -0.25) is 28.8 Å². The van der Waals surface area contributed by atoms with E-state index in [9.17, 15) is 37.5 Å². The van der Waals surface area contributed by atoms with Crippen LogP contribution in [0.25, 0.3) is 11.0 Å². The summed E-state index contributed by atoms with van der Waals surface area (Å²) in [4.78, 5) is 111. The largest absolute Gasteiger partial charge is 0.345 e. The van der Waals surface area contributed by atoms with Gasteiger partial charge in [0.2, 0.25) is 29.5 Å². The third-order valence-electron chi connectivity index (χ3n) is 13.0. The first-order valence-electron chi connectivity index (χ1n) is 20.7. The Labute approximate surface area is 344 Å². The Morgan fingerprint density at radius 1 is 0.900 bits per heavy atom. The molecule has 60 heavy (non-hydrogen) atoms. The third-order valence-corrected chi connectivity index (χ3v) is 13.0. The van der Waals surface area contributed by atoms with Crippen molar-refractivity contribution in [2.24, 2.45) is 17.8 Å². The van der Waals surface area contributed by atoms with Gasteiger partial charge >= 0.3 is 6.03 Å². The number of carbonyl (C=O) groups excluding carboxylic acids is 7. The van der Waals surface area contributed by atoms with Crippen molar-refractivity contribution in [1.29, 1.82) is 0 Å². The number of aromatic amines is 1. The van der Waals surface area contributed by atoms with Crippen LogP contribution in [0.4, 0.5) is 19.3 Å². The number of benzene rings is 2. The van der Waals surface area contributed by atoms with E-state index in [2.05, 4.69) is 31.2 Å². The Kier molecular flexibility index (Phi) is 10.8. The van der Waals surface area contributed by atoms with Gasteiger partial charge in [-0.05, 0) is 93.2 Å². The highest BCUT2D eigenvalue weighted by molar-refractivity contribution is 6.12. The highest BCUT2D eigenvalue weighted by Crippen LogP contribution is 2.57. The van der Waals surface area contributed by atoms with E-state index in [-0.39, 0.29) is 36.9 Å². The summed E-state index contributed by atoms with van der Waals surface area (Å²) < 4.78 is 28.9. The monoisotopic (exact) mass is 829 g/mol. The number of hydrogen-bond donors (Lipinski definition) is 5. The van der Waals surface area contributed by atoms with Gasteiger partial charge in [0, 0.05) is 37.8 Å². The number of H-pyrrole nitrogens is 1. The number of aromatic nitrogens is 2. The van der Waals surface area contributed by atoms with Crippen molar-refractivity contribution in [3.05, 3.63) is 59.9 Å². The number of carbonyl (C=O) groups is 7. The zero-order valence-corrected chi connectivity index (χ0v) is 33.6. The highest BCUT2D eigenvalue weighted by atomic mass is 19.1. The molecular weight excluding hydrogens is 781 g/mol. The summed E-state index contributed by atoms with van der Waals surface area (Å²) in [6.07, 6.45) is 3.87. The molecule has 4 saturated heterocycles. The molecule has 18 heteroatoms. The molecule has 5 aliphatic rings. The molecule has 3 aromatic rings. The second-order valence-corrected chi connectivity index (χ2v) is 17.1. The number of ketones is 1. The molecule has 4 aliphatic heterocycles. The maximum absolute atomic E-state index is 15.0. The van der Waals surface area contributed by atoms with Crippen molar-refractivity contribution in [3.63, 3.8) is 0 Å². The predicted octanol–water partition coefficient (Wildman–Crippen LogP) is 2.39. The van der Waals surface area contributed by atoms with Crippen LogP contribution >= 0.6 is 0 Å². The Hall–Kier alpha value is -5.94. The molecule has 1 aromatic heterocycles. The number of urea groups is 1. The minimum atomic E-state index is -1.50. The van der Waals surface area contributed by atoms with E-state index in [1.54, 1.807) is 32.0 Å². The summed E-state index contributed by atoms with van der Waals surface area (Å²) in [5.41, 5.74) is 0.376. The van der Waals surface area contributed by atoms with Crippen LogP contribution in [0.2, 0.25) is 0 Å². The summed E-state index contributed by atoms with van der Waals surface area (Å²) >= 11 is 0. The molecule has 9 atom stereocenters. The lowest BCUT2D eigenvalue weighted by molar-refractivity contribution is -0.151. The van der Waals surface area contributed by atoms with Crippen LogP contribution in [0.5, 0.6) is 0 Å². The Morgan fingerprint density at radius 3 is 2.38 bits per heavy atom. The topological polar surface area (TPSA) is 206 Å². The molecule has 5 N–H and O–H groups in total. The SMILES string of the molecule is C[C@H]1CN2C(=O)[C@H](C)NC(=O)[C@@H]3CCCCN3C(=O)[C@@H]3CCCN3C(=O)[C@@H](NC(=O)[C@H](Cc3cc(F)cc(F)c3)NC(=O)Nc3ccc4nc[nH]c4c3)[C@H](C)[C@H]3C(=O)C32C1. The van der Waals surface area contributed by atoms with E-state index < -0.39 is 101 Å². The number of anilines is 1. The van der Waals surface area contributed by atoms with Crippen LogP contribution in [0.15, 0.2) is 42.7 Å². The van der Waals surface area contributed by atoms with Gasteiger partial charge in [-0.2, -0.15) is 0 Å². The van der Waals surface area contributed by atoms with Crippen LogP contribution in [0.1, 0.15) is 64.9 Å². The molecule has 1 unspecified atom stereocenters.